The number of methoxy groups -OCH3 is 1. The second-order valence-corrected chi connectivity index (χ2v) is 5.13. The van der Waals surface area contributed by atoms with Gasteiger partial charge in [0.2, 0.25) is 5.91 Å². The number of carbonyl (C=O) groups excluding carboxylic acids is 1. The van der Waals surface area contributed by atoms with Gasteiger partial charge in [0.25, 0.3) is 0 Å². The van der Waals surface area contributed by atoms with Crippen molar-refractivity contribution in [2.75, 3.05) is 19.0 Å². The van der Waals surface area contributed by atoms with E-state index in [4.69, 9.17) is 4.74 Å². The molecule has 0 saturated heterocycles. The Labute approximate surface area is 131 Å². The van der Waals surface area contributed by atoms with Crippen LogP contribution in [0.2, 0.25) is 0 Å². The minimum atomic E-state index is 0.0195. The van der Waals surface area contributed by atoms with Crippen LogP contribution in [0.1, 0.15) is 17.5 Å². The zero-order valence-electron chi connectivity index (χ0n) is 13.1. The standard InChI is InChI=1S/C18H22N2O2/c1-14-6-5-8-16(12-14)19-11-10-18(21)20-13-15-7-3-4-9-17(15)22-2/h3-9,12,19H,10-11,13H2,1-2H3,(H,20,21). The number of carbonyl (C=O) groups is 1. The fraction of sp³-hybridized carbons (Fsp3) is 0.278. The van der Waals surface area contributed by atoms with Gasteiger partial charge in [-0.15, -0.1) is 0 Å². The highest BCUT2D eigenvalue weighted by atomic mass is 16.5. The number of amides is 1. The Balaban J connectivity index is 1.74. The molecule has 1 amide bonds. The SMILES string of the molecule is COc1ccccc1CNC(=O)CCNc1cccc(C)c1. The first-order valence-electron chi connectivity index (χ1n) is 7.38. The zero-order chi connectivity index (χ0) is 15.8. The minimum absolute atomic E-state index is 0.0195. The molecule has 2 aromatic rings. The lowest BCUT2D eigenvalue weighted by molar-refractivity contribution is -0.121. The monoisotopic (exact) mass is 298 g/mol. The highest BCUT2D eigenvalue weighted by Gasteiger charge is 2.05. The van der Waals surface area contributed by atoms with E-state index in [1.54, 1.807) is 7.11 Å². The van der Waals surface area contributed by atoms with Crippen molar-refractivity contribution in [3.05, 3.63) is 59.7 Å². The van der Waals surface area contributed by atoms with Gasteiger partial charge in [-0.3, -0.25) is 4.79 Å². The Hall–Kier alpha value is -2.49. The summed E-state index contributed by atoms with van der Waals surface area (Å²) in [4.78, 5) is 11.9. The van der Waals surface area contributed by atoms with Crippen molar-refractivity contribution < 1.29 is 9.53 Å². The maximum Gasteiger partial charge on any atom is 0.222 e. The second-order valence-electron chi connectivity index (χ2n) is 5.13. The van der Waals surface area contributed by atoms with Crippen molar-refractivity contribution in [1.29, 1.82) is 0 Å². The number of anilines is 1. The van der Waals surface area contributed by atoms with Gasteiger partial charge in [0.1, 0.15) is 5.75 Å². The summed E-state index contributed by atoms with van der Waals surface area (Å²) in [5, 5.41) is 6.16. The van der Waals surface area contributed by atoms with Gasteiger partial charge in [0, 0.05) is 30.8 Å². The molecule has 0 aliphatic carbocycles. The Morgan fingerprint density at radius 1 is 1.14 bits per heavy atom. The van der Waals surface area contributed by atoms with Crippen LogP contribution >= 0.6 is 0 Å². The van der Waals surface area contributed by atoms with Crippen molar-refractivity contribution in [2.24, 2.45) is 0 Å². The molecule has 0 atom stereocenters. The van der Waals surface area contributed by atoms with Crippen molar-refractivity contribution in [3.8, 4) is 5.75 Å². The first kappa shape index (κ1) is 15.9. The molecule has 0 heterocycles. The molecule has 0 aliphatic heterocycles. The molecule has 2 aromatic carbocycles. The molecule has 2 rings (SSSR count). The van der Waals surface area contributed by atoms with Crippen LogP contribution in [0.15, 0.2) is 48.5 Å². The molecule has 0 spiro atoms. The van der Waals surface area contributed by atoms with Crippen molar-refractivity contribution in [2.45, 2.75) is 19.9 Å². The van der Waals surface area contributed by atoms with Gasteiger partial charge < -0.3 is 15.4 Å². The molecule has 0 aliphatic rings. The molecule has 0 radical (unpaired) electrons. The number of benzene rings is 2. The summed E-state index contributed by atoms with van der Waals surface area (Å²) in [5.74, 6) is 0.812. The fourth-order valence-corrected chi connectivity index (χ4v) is 2.21. The number of ether oxygens (including phenoxy) is 1. The predicted molar refractivity (Wildman–Crippen MR) is 89.1 cm³/mol. The van der Waals surface area contributed by atoms with Gasteiger partial charge in [-0.25, -0.2) is 0 Å². The normalized spacial score (nSPS) is 10.1. The maximum atomic E-state index is 11.9. The molecule has 0 bridgehead atoms. The molecular formula is C18H22N2O2. The molecular weight excluding hydrogens is 276 g/mol. The summed E-state index contributed by atoms with van der Waals surface area (Å²) in [5.41, 5.74) is 3.22. The van der Waals surface area contributed by atoms with Gasteiger partial charge in [-0.2, -0.15) is 0 Å². The summed E-state index contributed by atoms with van der Waals surface area (Å²) >= 11 is 0. The third-order valence-electron chi connectivity index (χ3n) is 3.37. The summed E-state index contributed by atoms with van der Waals surface area (Å²) in [6.07, 6.45) is 0.434. The summed E-state index contributed by atoms with van der Waals surface area (Å²) in [7, 11) is 1.63. The van der Waals surface area contributed by atoms with Crippen LogP contribution in [0.5, 0.6) is 5.75 Å². The molecule has 22 heavy (non-hydrogen) atoms. The Kier molecular flexibility index (Phi) is 5.83. The maximum absolute atomic E-state index is 11.9. The average Bonchev–Trinajstić information content (AvgIpc) is 2.53. The molecule has 4 heteroatoms. The summed E-state index contributed by atoms with van der Waals surface area (Å²) in [6, 6.07) is 15.8. The fourth-order valence-electron chi connectivity index (χ4n) is 2.21. The van der Waals surface area contributed by atoms with Crippen LogP contribution in [-0.4, -0.2) is 19.6 Å². The minimum Gasteiger partial charge on any atom is -0.496 e. The van der Waals surface area contributed by atoms with E-state index in [0.717, 1.165) is 17.0 Å². The van der Waals surface area contributed by atoms with Gasteiger partial charge >= 0.3 is 0 Å². The number of hydrogen-bond acceptors (Lipinski definition) is 3. The molecule has 0 fully saturated rings. The Morgan fingerprint density at radius 3 is 2.73 bits per heavy atom. The van der Waals surface area contributed by atoms with E-state index >= 15 is 0 Å². The molecule has 4 nitrogen and oxygen atoms in total. The van der Waals surface area contributed by atoms with Gasteiger partial charge in [-0.05, 0) is 30.7 Å². The van der Waals surface area contributed by atoms with Gasteiger partial charge in [-0.1, -0.05) is 30.3 Å². The summed E-state index contributed by atoms with van der Waals surface area (Å²) < 4.78 is 5.26. The van der Waals surface area contributed by atoms with Crippen molar-refractivity contribution in [3.63, 3.8) is 0 Å². The lowest BCUT2D eigenvalue weighted by atomic mass is 10.2. The van der Waals surface area contributed by atoms with E-state index in [1.165, 1.54) is 5.56 Å². The van der Waals surface area contributed by atoms with Crippen LogP contribution < -0.4 is 15.4 Å². The number of aryl methyl sites for hydroxylation is 1. The topological polar surface area (TPSA) is 50.4 Å². The van der Waals surface area contributed by atoms with Crippen LogP contribution in [-0.2, 0) is 11.3 Å². The zero-order valence-corrected chi connectivity index (χ0v) is 13.1. The molecule has 0 unspecified atom stereocenters. The van der Waals surface area contributed by atoms with E-state index in [-0.39, 0.29) is 5.91 Å². The van der Waals surface area contributed by atoms with Gasteiger partial charge in [0.15, 0.2) is 0 Å². The average molecular weight is 298 g/mol. The van der Waals surface area contributed by atoms with Crippen LogP contribution in [0.3, 0.4) is 0 Å². The number of nitrogens with one attached hydrogen (secondary N) is 2. The number of hydrogen-bond donors (Lipinski definition) is 2. The Bertz CT molecular complexity index is 626. The van der Waals surface area contributed by atoms with E-state index in [0.29, 0.717) is 19.5 Å². The van der Waals surface area contributed by atoms with Gasteiger partial charge in [0.05, 0.1) is 7.11 Å². The molecule has 0 aromatic heterocycles. The largest absolute Gasteiger partial charge is 0.496 e. The second kappa shape index (κ2) is 8.08. The van der Waals surface area contributed by atoms with Crippen molar-refractivity contribution >= 4 is 11.6 Å². The van der Waals surface area contributed by atoms with Crippen LogP contribution in [0.25, 0.3) is 0 Å². The molecule has 0 saturated carbocycles. The first-order chi connectivity index (χ1) is 10.7. The summed E-state index contributed by atoms with van der Waals surface area (Å²) in [6.45, 7) is 3.14. The van der Waals surface area contributed by atoms with Crippen LogP contribution in [0, 0.1) is 6.92 Å². The highest BCUT2D eigenvalue weighted by Crippen LogP contribution is 2.16. The predicted octanol–water partition coefficient (Wildman–Crippen LogP) is 3.12. The molecule has 116 valence electrons. The Morgan fingerprint density at radius 2 is 1.95 bits per heavy atom. The number of rotatable bonds is 7. The van der Waals surface area contributed by atoms with E-state index in [1.807, 2.05) is 49.4 Å². The van der Waals surface area contributed by atoms with Crippen LogP contribution in [0.4, 0.5) is 5.69 Å². The highest BCUT2D eigenvalue weighted by molar-refractivity contribution is 5.76. The van der Waals surface area contributed by atoms with Crippen molar-refractivity contribution in [1.82, 2.24) is 5.32 Å². The first-order valence-corrected chi connectivity index (χ1v) is 7.38. The molecule has 2 N–H and O–H groups in total. The smallest absolute Gasteiger partial charge is 0.222 e. The third kappa shape index (κ3) is 4.81. The van der Waals surface area contributed by atoms with E-state index in [2.05, 4.69) is 16.7 Å². The quantitative estimate of drug-likeness (QED) is 0.825. The van der Waals surface area contributed by atoms with E-state index < -0.39 is 0 Å². The number of para-hydroxylation sites is 1. The third-order valence-corrected chi connectivity index (χ3v) is 3.37. The lowest BCUT2D eigenvalue weighted by Gasteiger charge is -2.10. The lowest BCUT2D eigenvalue weighted by Crippen LogP contribution is -2.25. The van der Waals surface area contributed by atoms with E-state index in [9.17, 15) is 4.79 Å².